The molecule has 2 N–H and O–H groups in total. The minimum Gasteiger partial charge on any atom is -0.361 e. The number of aromatic nitrogens is 1. The van der Waals surface area contributed by atoms with Crippen LogP contribution in [0.2, 0.25) is 0 Å². The SMILES string of the molecule is Cc1ccc(NC(=O)C2(c3c[nH]c4ccc(F)cc34)CC2)c(C)c1. The third-order valence-corrected chi connectivity index (χ3v) is 4.97. The second kappa shape index (κ2) is 5.20. The fraction of sp³-hybridized carbons (Fsp3) is 0.250. The van der Waals surface area contributed by atoms with Gasteiger partial charge in [0.25, 0.3) is 0 Å². The van der Waals surface area contributed by atoms with E-state index in [0.717, 1.165) is 40.6 Å². The van der Waals surface area contributed by atoms with E-state index < -0.39 is 5.41 Å². The summed E-state index contributed by atoms with van der Waals surface area (Å²) in [5.74, 6) is -0.298. The number of hydrogen-bond acceptors (Lipinski definition) is 1. The van der Waals surface area contributed by atoms with E-state index in [1.807, 2.05) is 32.2 Å². The first-order chi connectivity index (χ1) is 11.5. The normalized spacial score (nSPS) is 15.5. The third-order valence-electron chi connectivity index (χ3n) is 4.97. The average Bonchev–Trinajstić information content (AvgIpc) is 3.24. The Morgan fingerprint density at radius 1 is 1.17 bits per heavy atom. The van der Waals surface area contributed by atoms with Crippen LogP contribution >= 0.6 is 0 Å². The Kier molecular flexibility index (Phi) is 3.23. The molecule has 4 heteroatoms. The molecule has 2 aromatic carbocycles. The number of amides is 1. The number of H-pyrrole nitrogens is 1. The standard InChI is InChI=1S/C20H19FN2O/c1-12-3-5-17(13(2)9-12)23-19(24)20(7-8-20)16-11-22-18-6-4-14(21)10-15(16)18/h3-6,9-11,22H,7-8H2,1-2H3,(H,23,24). The molecule has 4 rings (SSSR count). The van der Waals surface area contributed by atoms with Gasteiger partial charge in [0.15, 0.2) is 0 Å². The number of anilines is 1. The summed E-state index contributed by atoms with van der Waals surface area (Å²) in [6.07, 6.45) is 3.42. The molecule has 0 saturated heterocycles. The van der Waals surface area contributed by atoms with Crippen LogP contribution < -0.4 is 5.32 Å². The molecule has 1 amide bonds. The molecule has 0 unspecified atom stereocenters. The topological polar surface area (TPSA) is 44.9 Å². The van der Waals surface area contributed by atoms with Crippen molar-refractivity contribution in [3.63, 3.8) is 0 Å². The van der Waals surface area contributed by atoms with Crippen molar-refractivity contribution in [3.8, 4) is 0 Å². The van der Waals surface area contributed by atoms with Crippen LogP contribution in [0.5, 0.6) is 0 Å². The molecule has 122 valence electrons. The van der Waals surface area contributed by atoms with E-state index in [2.05, 4.69) is 16.4 Å². The molecule has 0 radical (unpaired) electrons. The van der Waals surface area contributed by atoms with Gasteiger partial charge in [-0.2, -0.15) is 0 Å². The monoisotopic (exact) mass is 322 g/mol. The highest BCUT2D eigenvalue weighted by Crippen LogP contribution is 2.51. The number of aryl methyl sites for hydroxylation is 2. The number of benzene rings is 2. The molecule has 1 aliphatic rings. The van der Waals surface area contributed by atoms with E-state index in [0.29, 0.717) is 0 Å². The van der Waals surface area contributed by atoms with Crippen molar-refractivity contribution < 1.29 is 9.18 Å². The molecule has 1 fully saturated rings. The van der Waals surface area contributed by atoms with Gasteiger partial charge in [0.05, 0.1) is 5.41 Å². The van der Waals surface area contributed by atoms with Crippen LogP contribution in [0.1, 0.15) is 29.5 Å². The molecule has 1 aromatic heterocycles. The molecular formula is C20H19FN2O. The number of carbonyl (C=O) groups excluding carboxylic acids is 1. The lowest BCUT2D eigenvalue weighted by molar-refractivity contribution is -0.118. The second-order valence-electron chi connectivity index (χ2n) is 6.75. The van der Waals surface area contributed by atoms with E-state index in [1.54, 1.807) is 6.07 Å². The maximum atomic E-state index is 13.6. The Labute approximate surface area is 139 Å². The Balaban J connectivity index is 1.69. The first-order valence-corrected chi connectivity index (χ1v) is 8.15. The number of nitrogens with one attached hydrogen (secondary N) is 2. The van der Waals surface area contributed by atoms with Gasteiger partial charge >= 0.3 is 0 Å². The maximum Gasteiger partial charge on any atom is 0.235 e. The summed E-state index contributed by atoms with van der Waals surface area (Å²) >= 11 is 0. The number of carbonyl (C=O) groups is 1. The van der Waals surface area contributed by atoms with Crippen molar-refractivity contribution in [2.45, 2.75) is 32.1 Å². The Bertz CT molecular complexity index is 953. The first kappa shape index (κ1) is 14.9. The summed E-state index contributed by atoms with van der Waals surface area (Å²) in [7, 11) is 0. The molecule has 1 heterocycles. The van der Waals surface area contributed by atoms with E-state index in [-0.39, 0.29) is 11.7 Å². The van der Waals surface area contributed by atoms with Gasteiger partial charge in [-0.15, -0.1) is 0 Å². The molecule has 1 saturated carbocycles. The van der Waals surface area contributed by atoms with Gasteiger partial charge in [-0.3, -0.25) is 4.79 Å². The Morgan fingerprint density at radius 3 is 2.67 bits per heavy atom. The van der Waals surface area contributed by atoms with E-state index >= 15 is 0 Å². The van der Waals surface area contributed by atoms with Crippen molar-refractivity contribution in [3.05, 3.63) is 65.1 Å². The van der Waals surface area contributed by atoms with Crippen molar-refractivity contribution in [2.24, 2.45) is 0 Å². The smallest absolute Gasteiger partial charge is 0.235 e. The summed E-state index contributed by atoms with van der Waals surface area (Å²) in [6, 6.07) is 10.6. The molecule has 24 heavy (non-hydrogen) atoms. The van der Waals surface area contributed by atoms with E-state index in [9.17, 15) is 9.18 Å². The number of rotatable bonds is 3. The van der Waals surface area contributed by atoms with Gasteiger partial charge in [0.1, 0.15) is 5.82 Å². The Morgan fingerprint density at radius 2 is 1.96 bits per heavy atom. The minimum atomic E-state index is -0.552. The van der Waals surface area contributed by atoms with Crippen molar-refractivity contribution in [1.29, 1.82) is 0 Å². The van der Waals surface area contributed by atoms with E-state index in [1.165, 1.54) is 17.7 Å². The summed E-state index contributed by atoms with van der Waals surface area (Å²) in [5, 5.41) is 3.86. The molecule has 0 bridgehead atoms. The zero-order chi connectivity index (χ0) is 16.9. The molecular weight excluding hydrogens is 303 g/mol. The van der Waals surface area contributed by atoms with Crippen LogP contribution in [0.3, 0.4) is 0 Å². The van der Waals surface area contributed by atoms with E-state index in [4.69, 9.17) is 0 Å². The first-order valence-electron chi connectivity index (χ1n) is 8.15. The maximum absolute atomic E-state index is 13.6. The van der Waals surface area contributed by atoms with Crippen LogP contribution in [-0.4, -0.2) is 10.9 Å². The minimum absolute atomic E-state index is 0.0142. The van der Waals surface area contributed by atoms with Gasteiger partial charge in [-0.1, -0.05) is 17.7 Å². The van der Waals surface area contributed by atoms with Crippen LogP contribution in [-0.2, 0) is 10.2 Å². The van der Waals surface area contributed by atoms with Crippen LogP contribution in [0, 0.1) is 19.7 Å². The second-order valence-corrected chi connectivity index (χ2v) is 6.75. The fourth-order valence-electron chi connectivity index (χ4n) is 3.43. The van der Waals surface area contributed by atoms with Gasteiger partial charge in [0, 0.05) is 22.8 Å². The molecule has 1 aliphatic carbocycles. The predicted molar refractivity (Wildman–Crippen MR) is 93.7 cm³/mol. The molecule has 3 nitrogen and oxygen atoms in total. The number of hydrogen-bond donors (Lipinski definition) is 2. The molecule has 0 aliphatic heterocycles. The summed E-state index contributed by atoms with van der Waals surface area (Å²) in [6.45, 7) is 4.02. The van der Waals surface area contributed by atoms with Crippen LogP contribution in [0.4, 0.5) is 10.1 Å². The van der Waals surface area contributed by atoms with Gasteiger partial charge < -0.3 is 10.3 Å². The number of aromatic amines is 1. The third kappa shape index (κ3) is 2.30. The largest absolute Gasteiger partial charge is 0.361 e. The fourth-order valence-corrected chi connectivity index (χ4v) is 3.43. The highest BCUT2D eigenvalue weighted by Gasteiger charge is 2.52. The van der Waals surface area contributed by atoms with Crippen LogP contribution in [0.15, 0.2) is 42.6 Å². The Hall–Kier alpha value is -2.62. The molecule has 0 spiro atoms. The lowest BCUT2D eigenvalue weighted by Crippen LogP contribution is -2.28. The lowest BCUT2D eigenvalue weighted by Gasteiger charge is -2.16. The van der Waals surface area contributed by atoms with Gasteiger partial charge in [0.2, 0.25) is 5.91 Å². The molecule has 3 aromatic rings. The lowest BCUT2D eigenvalue weighted by atomic mass is 9.94. The number of fused-ring (bicyclic) bond motifs is 1. The zero-order valence-electron chi connectivity index (χ0n) is 13.7. The quantitative estimate of drug-likeness (QED) is 0.727. The summed E-state index contributed by atoms with van der Waals surface area (Å²) in [5.41, 5.74) is 4.24. The highest BCUT2D eigenvalue weighted by molar-refractivity contribution is 6.04. The summed E-state index contributed by atoms with van der Waals surface area (Å²) in [4.78, 5) is 16.1. The number of halogens is 1. The van der Waals surface area contributed by atoms with Crippen molar-refractivity contribution in [1.82, 2.24) is 4.98 Å². The van der Waals surface area contributed by atoms with Gasteiger partial charge in [-0.25, -0.2) is 4.39 Å². The zero-order valence-corrected chi connectivity index (χ0v) is 13.7. The average molecular weight is 322 g/mol. The highest BCUT2D eigenvalue weighted by atomic mass is 19.1. The predicted octanol–water partition coefficient (Wildman–Crippen LogP) is 4.59. The molecule has 0 atom stereocenters. The van der Waals surface area contributed by atoms with Gasteiger partial charge in [-0.05, 0) is 62.1 Å². The van der Waals surface area contributed by atoms with Crippen LogP contribution in [0.25, 0.3) is 10.9 Å². The summed E-state index contributed by atoms with van der Waals surface area (Å²) < 4.78 is 13.6. The van der Waals surface area contributed by atoms with Crippen molar-refractivity contribution in [2.75, 3.05) is 5.32 Å². The van der Waals surface area contributed by atoms with Crippen molar-refractivity contribution >= 4 is 22.5 Å².